The fourth-order valence-corrected chi connectivity index (χ4v) is 6.66. The number of hydrogen-bond acceptors (Lipinski definition) is 5. The Morgan fingerprint density at radius 1 is 0.826 bits per heavy atom. The van der Waals surface area contributed by atoms with E-state index in [4.69, 9.17) is 4.74 Å². The quantitative estimate of drug-likeness (QED) is 0.187. The van der Waals surface area contributed by atoms with Gasteiger partial charge in [-0.2, -0.15) is 0 Å². The van der Waals surface area contributed by atoms with E-state index in [1.165, 1.54) is 0 Å². The highest BCUT2D eigenvalue weighted by atomic mass is 32.2. The maximum Gasteiger partial charge on any atom is 0.244 e. The number of anilines is 1. The lowest BCUT2D eigenvalue weighted by molar-refractivity contribution is -0.140. The highest BCUT2D eigenvalue weighted by molar-refractivity contribution is 7.92. The van der Waals surface area contributed by atoms with Crippen molar-refractivity contribution in [3.05, 3.63) is 126 Å². The van der Waals surface area contributed by atoms with Crippen molar-refractivity contribution in [3.8, 4) is 11.5 Å². The molecule has 1 aliphatic rings. The van der Waals surface area contributed by atoms with E-state index in [1.54, 1.807) is 29.2 Å². The Balaban J connectivity index is 1.46. The van der Waals surface area contributed by atoms with Gasteiger partial charge in [-0.05, 0) is 72.9 Å². The predicted octanol–water partition coefficient (Wildman–Crippen LogP) is 6.25. The first-order valence-corrected chi connectivity index (χ1v) is 17.5. The van der Waals surface area contributed by atoms with Gasteiger partial charge in [-0.3, -0.25) is 13.9 Å². The lowest BCUT2D eigenvalue weighted by Gasteiger charge is -2.34. The molecule has 9 heteroatoms. The summed E-state index contributed by atoms with van der Waals surface area (Å²) in [5.41, 5.74) is 3.09. The fraction of sp³-hybridized carbons (Fsp3) is 0.297. The average molecular weight is 640 g/mol. The monoisotopic (exact) mass is 639 g/mol. The summed E-state index contributed by atoms with van der Waals surface area (Å²) < 4.78 is 33.3. The van der Waals surface area contributed by atoms with Crippen LogP contribution in [0.3, 0.4) is 0 Å². The summed E-state index contributed by atoms with van der Waals surface area (Å²) in [7, 11) is -3.88. The molecule has 46 heavy (non-hydrogen) atoms. The van der Waals surface area contributed by atoms with Gasteiger partial charge in [0.15, 0.2) is 0 Å². The van der Waals surface area contributed by atoms with Gasteiger partial charge in [0.2, 0.25) is 21.8 Å². The van der Waals surface area contributed by atoms with Gasteiger partial charge in [-0.25, -0.2) is 8.42 Å². The number of nitrogens with zero attached hydrogens (tertiary/aromatic N) is 2. The maximum absolute atomic E-state index is 14.4. The summed E-state index contributed by atoms with van der Waals surface area (Å²) in [6, 6.07) is 32.4. The highest BCUT2D eigenvalue weighted by Gasteiger charge is 2.34. The second-order valence-corrected chi connectivity index (χ2v) is 13.7. The number of ether oxygens (including phenoxy) is 1. The molecule has 0 unspecified atom stereocenters. The Labute approximate surface area is 272 Å². The molecule has 1 aliphatic carbocycles. The van der Waals surface area contributed by atoms with Gasteiger partial charge in [-0.1, -0.05) is 85.6 Å². The van der Waals surface area contributed by atoms with E-state index in [2.05, 4.69) is 5.32 Å². The minimum atomic E-state index is -3.88. The molecule has 1 N–H and O–H groups in total. The molecule has 0 aromatic heterocycles. The summed E-state index contributed by atoms with van der Waals surface area (Å²) in [4.78, 5) is 29.9. The number of benzene rings is 4. The summed E-state index contributed by atoms with van der Waals surface area (Å²) in [6.45, 7) is 1.65. The van der Waals surface area contributed by atoms with E-state index in [0.717, 1.165) is 52.9 Å². The molecule has 1 fully saturated rings. The first-order valence-electron chi connectivity index (χ1n) is 15.7. The van der Waals surface area contributed by atoms with Crippen molar-refractivity contribution in [1.82, 2.24) is 10.2 Å². The van der Waals surface area contributed by atoms with Crippen molar-refractivity contribution in [2.24, 2.45) is 0 Å². The molecular weight excluding hydrogens is 598 g/mol. The zero-order valence-electron chi connectivity index (χ0n) is 26.3. The molecule has 0 aliphatic heterocycles. The summed E-state index contributed by atoms with van der Waals surface area (Å²) >= 11 is 0. The van der Waals surface area contributed by atoms with Crippen LogP contribution in [0, 0.1) is 6.92 Å². The van der Waals surface area contributed by atoms with Crippen LogP contribution < -0.4 is 14.4 Å². The SMILES string of the molecule is Cc1ccccc1CN(C(=O)CN(c1ccc(Oc2ccccc2)cc1)S(C)(=O)=O)[C@@H](Cc1ccccc1)C(=O)NC1CCCC1. The highest BCUT2D eigenvalue weighted by Crippen LogP contribution is 2.27. The van der Waals surface area contributed by atoms with Gasteiger partial charge < -0.3 is 15.0 Å². The molecule has 8 nitrogen and oxygen atoms in total. The lowest BCUT2D eigenvalue weighted by atomic mass is 10.0. The van der Waals surface area contributed by atoms with Gasteiger partial charge in [-0.15, -0.1) is 0 Å². The van der Waals surface area contributed by atoms with E-state index >= 15 is 0 Å². The average Bonchev–Trinajstić information content (AvgIpc) is 3.56. The van der Waals surface area contributed by atoms with Crippen LogP contribution in [0.1, 0.15) is 42.4 Å². The van der Waals surface area contributed by atoms with Gasteiger partial charge in [0.25, 0.3) is 0 Å². The zero-order valence-corrected chi connectivity index (χ0v) is 27.2. The molecule has 4 aromatic rings. The van der Waals surface area contributed by atoms with Crippen molar-refractivity contribution < 1.29 is 22.7 Å². The Hall–Kier alpha value is -4.63. The summed E-state index contributed by atoms with van der Waals surface area (Å²) in [5.74, 6) is 0.479. The number of carbonyl (C=O) groups excluding carboxylic acids is 2. The van der Waals surface area contributed by atoms with Crippen LogP contribution in [0.15, 0.2) is 109 Å². The van der Waals surface area contributed by atoms with Crippen LogP contribution in [0.2, 0.25) is 0 Å². The van der Waals surface area contributed by atoms with Gasteiger partial charge in [0, 0.05) is 19.0 Å². The summed E-state index contributed by atoms with van der Waals surface area (Å²) in [5, 5.41) is 3.20. The number of sulfonamides is 1. The third-order valence-electron chi connectivity index (χ3n) is 8.36. The molecule has 5 rings (SSSR count). The van der Waals surface area contributed by atoms with Crippen LogP contribution in [0.4, 0.5) is 5.69 Å². The molecule has 2 amide bonds. The molecule has 4 aromatic carbocycles. The molecule has 240 valence electrons. The fourth-order valence-electron chi connectivity index (χ4n) is 5.81. The number of carbonyl (C=O) groups is 2. The van der Waals surface area contributed by atoms with E-state index < -0.39 is 28.5 Å². The number of hydrogen-bond donors (Lipinski definition) is 1. The second-order valence-electron chi connectivity index (χ2n) is 11.8. The Bertz CT molecular complexity index is 1710. The first kappa shape index (κ1) is 32.8. The third kappa shape index (κ3) is 8.75. The first-order chi connectivity index (χ1) is 22.2. The second kappa shape index (κ2) is 15.1. The number of amides is 2. The van der Waals surface area contributed by atoms with Crippen molar-refractivity contribution in [2.45, 2.75) is 57.7 Å². The van der Waals surface area contributed by atoms with Crippen molar-refractivity contribution in [2.75, 3.05) is 17.1 Å². The Kier molecular flexibility index (Phi) is 10.8. The van der Waals surface area contributed by atoms with Crippen molar-refractivity contribution in [1.29, 1.82) is 0 Å². The van der Waals surface area contributed by atoms with Crippen LogP contribution in [-0.4, -0.2) is 50.0 Å². The van der Waals surface area contributed by atoms with E-state index in [1.807, 2.05) is 91.9 Å². The topological polar surface area (TPSA) is 96.0 Å². The number of nitrogens with one attached hydrogen (secondary N) is 1. The molecule has 1 atom stereocenters. The minimum Gasteiger partial charge on any atom is -0.457 e. The van der Waals surface area contributed by atoms with E-state index in [0.29, 0.717) is 23.6 Å². The van der Waals surface area contributed by atoms with Gasteiger partial charge in [0.1, 0.15) is 24.1 Å². The smallest absolute Gasteiger partial charge is 0.244 e. The molecule has 0 heterocycles. The third-order valence-corrected chi connectivity index (χ3v) is 9.50. The Morgan fingerprint density at radius 2 is 1.41 bits per heavy atom. The molecular formula is C37H41N3O5S. The van der Waals surface area contributed by atoms with Gasteiger partial charge in [0.05, 0.1) is 11.9 Å². The number of rotatable bonds is 13. The molecule has 0 radical (unpaired) electrons. The standard InChI is InChI=1S/C37H41N3O5S/c1-28-13-9-10-16-30(28)26-39(35(25-29-14-5-3-6-15-29)37(42)38-31-17-11-12-18-31)36(41)27-40(46(2,43)44)32-21-23-34(24-22-32)45-33-19-7-4-8-20-33/h3-10,13-16,19-24,31,35H,11-12,17-18,25-27H2,1-2H3,(H,38,42)/t35-/m0/s1. The molecule has 1 saturated carbocycles. The van der Waals surface area contributed by atoms with Crippen molar-refractivity contribution in [3.63, 3.8) is 0 Å². The molecule has 0 bridgehead atoms. The predicted molar refractivity (Wildman–Crippen MR) is 181 cm³/mol. The lowest BCUT2D eigenvalue weighted by Crippen LogP contribution is -2.54. The molecule has 0 saturated heterocycles. The van der Waals surface area contributed by atoms with Crippen LogP contribution in [0.5, 0.6) is 11.5 Å². The normalized spacial score (nSPS) is 14.0. The van der Waals surface area contributed by atoms with E-state index in [9.17, 15) is 18.0 Å². The maximum atomic E-state index is 14.4. The number of para-hydroxylation sites is 1. The van der Waals surface area contributed by atoms with Crippen molar-refractivity contribution >= 4 is 27.5 Å². The zero-order chi connectivity index (χ0) is 32.5. The van der Waals surface area contributed by atoms with E-state index in [-0.39, 0.29) is 18.5 Å². The molecule has 0 spiro atoms. The van der Waals surface area contributed by atoms with Crippen LogP contribution in [0.25, 0.3) is 0 Å². The number of aryl methyl sites for hydroxylation is 1. The summed E-state index contributed by atoms with van der Waals surface area (Å²) in [6.07, 6.45) is 5.29. The van der Waals surface area contributed by atoms with Crippen LogP contribution in [-0.2, 0) is 32.6 Å². The minimum absolute atomic E-state index is 0.0605. The Morgan fingerprint density at radius 3 is 2.04 bits per heavy atom. The largest absolute Gasteiger partial charge is 0.457 e. The van der Waals surface area contributed by atoms with Gasteiger partial charge >= 0.3 is 0 Å². The van der Waals surface area contributed by atoms with Crippen LogP contribution >= 0.6 is 0 Å².